The van der Waals surface area contributed by atoms with Crippen molar-refractivity contribution in [2.24, 2.45) is 0 Å². The maximum absolute atomic E-state index is 13.0. The van der Waals surface area contributed by atoms with Crippen molar-refractivity contribution in [1.82, 2.24) is 24.6 Å². The Hall–Kier alpha value is -2.41. The normalized spacial score (nSPS) is 17.1. The van der Waals surface area contributed by atoms with E-state index < -0.39 is 5.79 Å². The van der Waals surface area contributed by atoms with Gasteiger partial charge in [0.1, 0.15) is 10.7 Å². The summed E-state index contributed by atoms with van der Waals surface area (Å²) in [6.07, 6.45) is 2.92. The number of thioether (sulfide) groups is 1. The molecule has 0 saturated carbocycles. The maximum Gasteiger partial charge on any atom is 0.273 e. The zero-order valence-electron chi connectivity index (χ0n) is 19.4. The Morgan fingerprint density at radius 1 is 1.14 bits per heavy atom. The molecular weight excluding hydrogens is 557 g/mol. The molecule has 9 nitrogen and oxygen atoms in total. The number of hydrogen-bond acceptors (Lipinski definition) is 9. The second-order valence-electron chi connectivity index (χ2n) is 8.53. The number of aromatic nitrogens is 4. The van der Waals surface area contributed by atoms with E-state index in [1.54, 1.807) is 29.8 Å². The molecule has 0 unspecified atom stereocenters. The van der Waals surface area contributed by atoms with E-state index in [9.17, 15) is 4.79 Å². The van der Waals surface area contributed by atoms with Crippen LogP contribution >= 0.6 is 46.3 Å². The van der Waals surface area contributed by atoms with Gasteiger partial charge in [0.2, 0.25) is 5.82 Å². The summed E-state index contributed by atoms with van der Waals surface area (Å²) in [6, 6.07) is 8.84. The van der Waals surface area contributed by atoms with Gasteiger partial charge in [-0.2, -0.15) is 0 Å². The third-order valence-corrected chi connectivity index (χ3v) is 8.76. The van der Waals surface area contributed by atoms with E-state index in [0.717, 1.165) is 5.01 Å². The van der Waals surface area contributed by atoms with E-state index in [1.807, 2.05) is 21.6 Å². The molecule has 1 spiro atoms. The summed E-state index contributed by atoms with van der Waals surface area (Å²) in [5.41, 5.74) is 1.13. The number of furan rings is 1. The number of rotatable bonds is 6. The predicted molar refractivity (Wildman–Crippen MR) is 141 cm³/mol. The first-order chi connectivity index (χ1) is 18.0. The van der Waals surface area contributed by atoms with Crippen LogP contribution in [0, 0.1) is 0 Å². The molecule has 2 saturated heterocycles. The summed E-state index contributed by atoms with van der Waals surface area (Å²) < 4.78 is 18.9. The van der Waals surface area contributed by atoms with E-state index in [-0.39, 0.29) is 5.91 Å². The molecule has 2 fully saturated rings. The fourth-order valence-electron chi connectivity index (χ4n) is 4.41. The second-order valence-corrected chi connectivity index (χ2v) is 11.3. The van der Waals surface area contributed by atoms with Crippen LogP contribution in [0.15, 0.2) is 51.5 Å². The summed E-state index contributed by atoms with van der Waals surface area (Å²) >= 11 is 15.5. The largest absolute Gasteiger partial charge is 0.461 e. The topological polar surface area (TPSA) is 95.5 Å². The summed E-state index contributed by atoms with van der Waals surface area (Å²) in [7, 11) is 0. The van der Waals surface area contributed by atoms with Crippen molar-refractivity contribution in [2.45, 2.75) is 29.5 Å². The number of likely N-dealkylation sites (tertiary alicyclic amines) is 1. The number of carbonyl (C=O) groups excluding carboxylic acids is 1. The third kappa shape index (κ3) is 5.04. The van der Waals surface area contributed by atoms with E-state index in [2.05, 4.69) is 15.2 Å². The van der Waals surface area contributed by atoms with E-state index in [4.69, 9.17) is 37.1 Å². The molecule has 3 aromatic heterocycles. The van der Waals surface area contributed by atoms with Gasteiger partial charge in [0.25, 0.3) is 5.91 Å². The van der Waals surface area contributed by atoms with Crippen molar-refractivity contribution in [1.29, 1.82) is 0 Å². The molecule has 0 atom stereocenters. The number of benzene rings is 1. The number of nitrogens with zero attached hydrogens (tertiary/aromatic N) is 5. The standard InChI is InChI=1S/C24H21Cl2N5O4S2/c25-15-3-4-18(16(26)12-15)31-21(19-2-1-9-33-19)28-29-23(31)37-14-20-27-17(13-36-20)22(32)30-7-5-24(6-8-30)34-10-11-35-24/h1-4,9,12-13H,5-8,10-11,14H2. The summed E-state index contributed by atoms with van der Waals surface area (Å²) in [4.78, 5) is 19.5. The number of carbonyl (C=O) groups is 1. The van der Waals surface area contributed by atoms with Crippen LogP contribution in [0.5, 0.6) is 0 Å². The van der Waals surface area contributed by atoms with Crippen LogP contribution in [0.25, 0.3) is 17.3 Å². The van der Waals surface area contributed by atoms with Gasteiger partial charge < -0.3 is 18.8 Å². The van der Waals surface area contributed by atoms with Gasteiger partial charge in [0.15, 0.2) is 16.7 Å². The lowest BCUT2D eigenvalue weighted by Crippen LogP contribution is -2.47. The molecule has 0 bridgehead atoms. The molecule has 0 N–H and O–H groups in total. The van der Waals surface area contributed by atoms with Crippen molar-refractivity contribution in [3.8, 4) is 17.3 Å². The minimum atomic E-state index is -0.516. The highest BCUT2D eigenvalue weighted by atomic mass is 35.5. The highest BCUT2D eigenvalue weighted by molar-refractivity contribution is 7.98. The fourth-order valence-corrected chi connectivity index (χ4v) is 6.63. The number of ether oxygens (including phenoxy) is 2. The molecule has 6 rings (SSSR count). The van der Waals surface area contributed by atoms with Crippen LogP contribution in [-0.4, -0.2) is 62.6 Å². The van der Waals surface area contributed by atoms with Crippen molar-refractivity contribution < 1.29 is 18.7 Å². The first-order valence-corrected chi connectivity index (χ1v) is 14.2. The smallest absolute Gasteiger partial charge is 0.273 e. The molecule has 13 heteroatoms. The monoisotopic (exact) mass is 577 g/mol. The molecule has 1 amide bonds. The number of thiazole rings is 1. The van der Waals surface area contributed by atoms with Gasteiger partial charge in [-0.05, 0) is 30.3 Å². The van der Waals surface area contributed by atoms with Gasteiger partial charge in [-0.15, -0.1) is 21.5 Å². The quantitative estimate of drug-likeness (QED) is 0.275. The SMILES string of the molecule is O=C(c1csc(CSc2nnc(-c3ccco3)n2-c2ccc(Cl)cc2Cl)n1)N1CCC2(CC1)OCCO2. The maximum atomic E-state index is 13.0. The summed E-state index contributed by atoms with van der Waals surface area (Å²) in [5, 5.41) is 12.9. The minimum absolute atomic E-state index is 0.0726. The highest BCUT2D eigenvalue weighted by Crippen LogP contribution is 2.35. The third-order valence-electron chi connectivity index (χ3n) is 6.25. The molecular formula is C24H21Cl2N5O4S2. The first-order valence-electron chi connectivity index (χ1n) is 11.6. The van der Waals surface area contributed by atoms with Crippen molar-refractivity contribution in [3.05, 3.63) is 62.7 Å². The average Bonchev–Trinajstić information content (AvgIpc) is 3.70. The lowest BCUT2D eigenvalue weighted by Gasteiger charge is -2.37. The molecule has 5 heterocycles. The van der Waals surface area contributed by atoms with Crippen LogP contribution < -0.4 is 0 Å². The van der Waals surface area contributed by atoms with Gasteiger partial charge in [-0.25, -0.2) is 4.98 Å². The highest BCUT2D eigenvalue weighted by Gasteiger charge is 2.41. The average molecular weight is 579 g/mol. The van der Waals surface area contributed by atoms with Crippen LogP contribution in [0.4, 0.5) is 0 Å². The van der Waals surface area contributed by atoms with Crippen molar-refractivity contribution in [2.75, 3.05) is 26.3 Å². The Labute approximate surface area is 230 Å². The van der Waals surface area contributed by atoms with Crippen LogP contribution in [0.1, 0.15) is 28.3 Å². The Balaban J connectivity index is 1.18. The number of halogens is 2. The number of hydrogen-bond donors (Lipinski definition) is 0. The van der Waals surface area contributed by atoms with Crippen molar-refractivity contribution >= 4 is 52.2 Å². The van der Waals surface area contributed by atoms with Crippen molar-refractivity contribution in [3.63, 3.8) is 0 Å². The molecule has 0 radical (unpaired) electrons. The Morgan fingerprint density at radius 3 is 2.68 bits per heavy atom. The molecule has 2 aliphatic heterocycles. The first kappa shape index (κ1) is 24.9. The molecule has 2 aliphatic rings. The van der Waals surface area contributed by atoms with Crippen LogP contribution in [0.2, 0.25) is 10.0 Å². The number of amides is 1. The lowest BCUT2D eigenvalue weighted by atomic mass is 10.0. The Kier molecular flexibility index (Phi) is 6.99. The summed E-state index contributed by atoms with van der Waals surface area (Å²) in [5.74, 6) is 0.994. The van der Waals surface area contributed by atoms with Gasteiger partial charge in [-0.3, -0.25) is 9.36 Å². The second kappa shape index (κ2) is 10.4. The number of piperidine rings is 1. The van der Waals surface area contributed by atoms with Gasteiger partial charge in [0.05, 0.1) is 35.9 Å². The zero-order valence-corrected chi connectivity index (χ0v) is 22.6. The molecule has 37 heavy (non-hydrogen) atoms. The van der Waals surface area contributed by atoms with Gasteiger partial charge in [0, 0.05) is 36.3 Å². The Bertz CT molecular complexity index is 1410. The fraction of sp³-hybridized carbons (Fsp3) is 0.333. The molecule has 0 aliphatic carbocycles. The zero-order chi connectivity index (χ0) is 25.4. The molecule has 192 valence electrons. The van der Waals surface area contributed by atoms with E-state index in [0.29, 0.717) is 83.1 Å². The molecule has 1 aromatic carbocycles. The lowest BCUT2D eigenvalue weighted by molar-refractivity contribution is -0.181. The predicted octanol–water partition coefficient (Wildman–Crippen LogP) is 5.56. The van der Waals surface area contributed by atoms with E-state index >= 15 is 0 Å². The van der Waals surface area contributed by atoms with Crippen LogP contribution in [-0.2, 0) is 15.2 Å². The molecule has 4 aromatic rings. The van der Waals surface area contributed by atoms with Crippen LogP contribution in [0.3, 0.4) is 0 Å². The van der Waals surface area contributed by atoms with Gasteiger partial charge in [-0.1, -0.05) is 35.0 Å². The van der Waals surface area contributed by atoms with E-state index in [1.165, 1.54) is 23.1 Å². The Morgan fingerprint density at radius 2 is 1.95 bits per heavy atom. The summed E-state index contributed by atoms with van der Waals surface area (Å²) in [6.45, 7) is 2.39. The minimum Gasteiger partial charge on any atom is -0.461 e. The van der Waals surface area contributed by atoms with Gasteiger partial charge >= 0.3 is 0 Å².